The number of carbonyl (C=O) groups excluding carboxylic acids is 2. The fourth-order valence-electron chi connectivity index (χ4n) is 5.93. The molecule has 0 radical (unpaired) electrons. The van der Waals surface area contributed by atoms with Crippen molar-refractivity contribution < 1.29 is 23.8 Å². The summed E-state index contributed by atoms with van der Waals surface area (Å²) in [4.78, 5) is 28.1. The molecular formula is C22H26N2O5. The molecule has 1 aromatic carbocycles. The molecule has 29 heavy (non-hydrogen) atoms. The molecule has 2 fully saturated rings. The zero-order chi connectivity index (χ0) is 20.3. The summed E-state index contributed by atoms with van der Waals surface area (Å²) in [6.45, 7) is 3.72. The first-order chi connectivity index (χ1) is 14.0. The maximum Gasteiger partial charge on any atom is 0.337 e. The van der Waals surface area contributed by atoms with Crippen LogP contribution >= 0.6 is 0 Å². The molecule has 0 aliphatic carbocycles. The van der Waals surface area contributed by atoms with E-state index in [4.69, 9.17) is 14.2 Å². The summed E-state index contributed by atoms with van der Waals surface area (Å²) in [5.74, 6) is 0.676. The number of amides is 1. The van der Waals surface area contributed by atoms with Crippen molar-refractivity contribution in [3.63, 3.8) is 0 Å². The Kier molecular flexibility index (Phi) is 4.13. The van der Waals surface area contributed by atoms with Crippen LogP contribution in [-0.4, -0.2) is 56.2 Å². The number of carbonyl (C=O) groups is 2. The zero-order valence-corrected chi connectivity index (χ0v) is 16.9. The summed E-state index contributed by atoms with van der Waals surface area (Å²) in [6.07, 6.45) is 3.11. The van der Waals surface area contributed by atoms with Crippen LogP contribution in [0.3, 0.4) is 0 Å². The quantitative estimate of drug-likeness (QED) is 0.769. The van der Waals surface area contributed by atoms with Crippen molar-refractivity contribution in [3.8, 4) is 5.75 Å². The first kappa shape index (κ1) is 18.5. The highest BCUT2D eigenvalue weighted by Gasteiger charge is 2.61. The average molecular weight is 398 g/mol. The third kappa shape index (κ3) is 2.46. The van der Waals surface area contributed by atoms with Gasteiger partial charge in [-0.25, -0.2) is 4.79 Å². The summed E-state index contributed by atoms with van der Waals surface area (Å²) in [5.41, 5.74) is 1.88. The Morgan fingerprint density at radius 1 is 1.34 bits per heavy atom. The smallest absolute Gasteiger partial charge is 0.337 e. The van der Waals surface area contributed by atoms with E-state index in [2.05, 4.69) is 17.1 Å². The van der Waals surface area contributed by atoms with Crippen LogP contribution < -0.4 is 10.1 Å². The van der Waals surface area contributed by atoms with E-state index < -0.39 is 5.41 Å². The lowest BCUT2D eigenvalue weighted by atomic mass is 9.66. The van der Waals surface area contributed by atoms with E-state index in [-0.39, 0.29) is 35.9 Å². The number of hydrogen-bond acceptors (Lipinski definition) is 6. The van der Waals surface area contributed by atoms with E-state index in [9.17, 15) is 9.59 Å². The number of hydrogen-bond donors (Lipinski definition) is 1. The van der Waals surface area contributed by atoms with Gasteiger partial charge in [0.2, 0.25) is 5.91 Å². The van der Waals surface area contributed by atoms with Gasteiger partial charge in [0.05, 0.1) is 37.6 Å². The number of nitrogens with zero attached hydrogens (tertiary/aromatic N) is 1. The number of esters is 1. The maximum atomic E-state index is 13.3. The van der Waals surface area contributed by atoms with Crippen LogP contribution in [0.5, 0.6) is 5.75 Å². The van der Waals surface area contributed by atoms with Gasteiger partial charge >= 0.3 is 5.97 Å². The molecule has 0 aromatic heterocycles. The number of methoxy groups -OCH3 is 2. The normalized spacial score (nSPS) is 35.1. The molecule has 1 spiro atoms. The van der Waals surface area contributed by atoms with Crippen molar-refractivity contribution in [2.24, 2.45) is 11.8 Å². The molecule has 4 aliphatic rings. The monoisotopic (exact) mass is 398 g/mol. The van der Waals surface area contributed by atoms with Gasteiger partial charge in [0.1, 0.15) is 5.75 Å². The number of anilines is 1. The molecule has 0 bridgehead atoms. The zero-order valence-electron chi connectivity index (χ0n) is 16.9. The van der Waals surface area contributed by atoms with E-state index in [1.165, 1.54) is 7.11 Å². The van der Waals surface area contributed by atoms with Crippen molar-refractivity contribution >= 4 is 17.6 Å². The highest BCUT2D eigenvalue weighted by Crippen LogP contribution is 2.54. The number of ether oxygens (including phenoxy) is 3. The topological polar surface area (TPSA) is 77.1 Å². The molecule has 1 amide bonds. The molecule has 7 nitrogen and oxygen atoms in total. The van der Waals surface area contributed by atoms with Crippen molar-refractivity contribution in [2.45, 2.75) is 37.3 Å². The van der Waals surface area contributed by atoms with Gasteiger partial charge in [0, 0.05) is 36.2 Å². The van der Waals surface area contributed by atoms with E-state index in [0.29, 0.717) is 5.57 Å². The van der Waals surface area contributed by atoms with Crippen LogP contribution in [0.2, 0.25) is 0 Å². The van der Waals surface area contributed by atoms with Gasteiger partial charge in [-0.3, -0.25) is 9.69 Å². The minimum absolute atomic E-state index is 0.0255. The predicted molar refractivity (Wildman–Crippen MR) is 106 cm³/mol. The number of fused-ring (bicyclic) bond motifs is 5. The molecule has 5 atom stereocenters. The Morgan fingerprint density at radius 2 is 2.17 bits per heavy atom. The lowest BCUT2D eigenvalue weighted by molar-refractivity contribution is -0.139. The minimum atomic E-state index is -0.588. The van der Waals surface area contributed by atoms with Crippen molar-refractivity contribution in [3.05, 3.63) is 35.6 Å². The SMILES string of the molecule is COC(=O)C1=CO[C@H](C)[C@H]2CN3CC[C@]4(C(=O)Nc5cc(OC)ccc54)[C@H]3C[C@@H]12. The van der Waals surface area contributed by atoms with E-state index >= 15 is 0 Å². The van der Waals surface area contributed by atoms with Gasteiger partial charge in [-0.05, 0) is 37.9 Å². The average Bonchev–Trinajstić information content (AvgIpc) is 3.25. The van der Waals surface area contributed by atoms with Crippen LogP contribution in [0.15, 0.2) is 30.0 Å². The molecule has 4 aliphatic heterocycles. The second-order valence-electron chi connectivity index (χ2n) is 8.51. The molecular weight excluding hydrogens is 372 g/mol. The number of piperidine rings is 1. The van der Waals surface area contributed by atoms with E-state index in [0.717, 1.165) is 42.9 Å². The molecule has 4 heterocycles. The summed E-state index contributed by atoms with van der Waals surface area (Å²) in [7, 11) is 3.02. The fourth-order valence-corrected chi connectivity index (χ4v) is 5.93. The molecule has 7 heteroatoms. The lowest BCUT2D eigenvalue weighted by Gasteiger charge is -2.48. The minimum Gasteiger partial charge on any atom is -0.497 e. The second kappa shape index (κ2) is 6.49. The van der Waals surface area contributed by atoms with Crippen molar-refractivity contribution in [1.29, 1.82) is 0 Å². The van der Waals surface area contributed by atoms with Gasteiger partial charge in [-0.1, -0.05) is 6.07 Å². The standard InChI is InChI=1S/C22H26N2O5/c1-12-15-10-24-7-6-22(17-5-4-13(27-2)8-18(17)23-21(22)26)19(24)9-14(15)16(11-29-12)20(25)28-3/h4-5,8,11-12,14-15,19H,6-7,9-10H2,1-3H3,(H,23,26)/t12-,14-,15-,19-,22-/m1/s1. The van der Waals surface area contributed by atoms with Crippen molar-refractivity contribution in [2.75, 3.05) is 32.6 Å². The predicted octanol–water partition coefficient (Wildman–Crippen LogP) is 2.07. The Morgan fingerprint density at radius 3 is 2.93 bits per heavy atom. The molecule has 5 rings (SSSR count). The number of benzene rings is 1. The first-order valence-electron chi connectivity index (χ1n) is 10.2. The van der Waals surface area contributed by atoms with Gasteiger partial charge < -0.3 is 19.5 Å². The van der Waals surface area contributed by atoms with Crippen LogP contribution in [0.4, 0.5) is 5.69 Å². The van der Waals surface area contributed by atoms with Crippen molar-refractivity contribution in [1.82, 2.24) is 4.90 Å². The van der Waals surface area contributed by atoms with Gasteiger partial charge in [0.15, 0.2) is 0 Å². The molecule has 1 aromatic rings. The van der Waals surface area contributed by atoms with Gasteiger partial charge in [-0.15, -0.1) is 0 Å². The fraction of sp³-hybridized carbons (Fsp3) is 0.545. The van der Waals surface area contributed by atoms with Gasteiger partial charge in [-0.2, -0.15) is 0 Å². The van der Waals surface area contributed by atoms with Crippen LogP contribution in [0, 0.1) is 11.8 Å². The largest absolute Gasteiger partial charge is 0.497 e. The summed E-state index contributed by atoms with van der Waals surface area (Å²) in [6, 6.07) is 5.88. The first-order valence-corrected chi connectivity index (χ1v) is 10.2. The summed E-state index contributed by atoms with van der Waals surface area (Å²) < 4.78 is 16.1. The highest BCUT2D eigenvalue weighted by atomic mass is 16.5. The molecule has 154 valence electrons. The van der Waals surface area contributed by atoms with Crippen LogP contribution in [0.1, 0.15) is 25.3 Å². The lowest BCUT2D eigenvalue weighted by Crippen LogP contribution is -2.56. The summed E-state index contributed by atoms with van der Waals surface area (Å²) >= 11 is 0. The Bertz CT molecular complexity index is 912. The third-order valence-corrected chi connectivity index (χ3v) is 7.44. The Labute approximate surface area is 170 Å². The van der Waals surface area contributed by atoms with Crippen LogP contribution in [-0.2, 0) is 24.5 Å². The number of nitrogens with one attached hydrogen (secondary N) is 1. The van der Waals surface area contributed by atoms with Gasteiger partial charge in [0.25, 0.3) is 0 Å². The molecule has 0 saturated carbocycles. The molecule has 2 saturated heterocycles. The van der Waals surface area contributed by atoms with Crippen LogP contribution in [0.25, 0.3) is 0 Å². The van der Waals surface area contributed by atoms with E-state index in [1.54, 1.807) is 13.4 Å². The third-order valence-electron chi connectivity index (χ3n) is 7.44. The Balaban J connectivity index is 1.54. The second-order valence-corrected chi connectivity index (χ2v) is 8.51. The highest BCUT2D eigenvalue weighted by molar-refractivity contribution is 6.07. The summed E-state index contributed by atoms with van der Waals surface area (Å²) in [5, 5.41) is 3.09. The Hall–Kier alpha value is -2.54. The molecule has 1 N–H and O–H groups in total. The molecule has 0 unspecified atom stereocenters. The number of rotatable bonds is 2. The maximum absolute atomic E-state index is 13.3. The van der Waals surface area contributed by atoms with E-state index in [1.807, 2.05) is 18.2 Å².